The molecule has 0 aliphatic carbocycles. The topological polar surface area (TPSA) is 75.4 Å². The molecular weight excluding hydrogens is 371 g/mol. The predicted octanol–water partition coefficient (Wildman–Crippen LogP) is 3.50. The zero-order chi connectivity index (χ0) is 20.7. The average Bonchev–Trinajstić information content (AvgIpc) is 2.67. The highest BCUT2D eigenvalue weighted by Crippen LogP contribution is 2.19. The number of aryl methyl sites for hydroxylation is 1. The number of rotatable bonds is 8. The van der Waals surface area contributed by atoms with Gasteiger partial charge in [-0.1, -0.05) is 25.1 Å². The van der Waals surface area contributed by atoms with Crippen LogP contribution in [0.2, 0.25) is 0 Å². The van der Waals surface area contributed by atoms with Gasteiger partial charge in [-0.05, 0) is 36.6 Å². The number of amides is 2. The molecule has 0 saturated carbocycles. The number of anilines is 2. The number of nitrogens with two attached hydrogens (primary N) is 1. The van der Waals surface area contributed by atoms with E-state index in [9.17, 15) is 22.8 Å². The van der Waals surface area contributed by atoms with Crippen molar-refractivity contribution >= 4 is 23.2 Å². The molecule has 5 nitrogen and oxygen atoms in total. The number of nitrogens with one attached hydrogen (secondary N) is 1. The van der Waals surface area contributed by atoms with Crippen LogP contribution >= 0.6 is 0 Å². The summed E-state index contributed by atoms with van der Waals surface area (Å²) in [6.45, 7) is 1.86. The van der Waals surface area contributed by atoms with Gasteiger partial charge in [-0.2, -0.15) is 0 Å². The molecule has 0 heterocycles. The van der Waals surface area contributed by atoms with Gasteiger partial charge in [0.2, 0.25) is 11.8 Å². The van der Waals surface area contributed by atoms with Crippen molar-refractivity contribution in [2.24, 2.45) is 0 Å². The molecule has 0 aliphatic rings. The quantitative estimate of drug-likeness (QED) is 0.532. The third-order valence-corrected chi connectivity index (χ3v) is 4.15. The van der Waals surface area contributed by atoms with Crippen molar-refractivity contribution in [2.45, 2.75) is 26.2 Å². The number of para-hydroxylation sites is 1. The minimum Gasteiger partial charge on any atom is -0.399 e. The van der Waals surface area contributed by atoms with Gasteiger partial charge in [-0.25, -0.2) is 13.2 Å². The smallest absolute Gasteiger partial charge is 0.244 e. The van der Waals surface area contributed by atoms with Crippen molar-refractivity contribution in [3.05, 3.63) is 59.4 Å². The number of carbonyl (C=O) groups is 2. The van der Waals surface area contributed by atoms with Gasteiger partial charge in [0.15, 0.2) is 17.5 Å². The fourth-order valence-electron chi connectivity index (χ4n) is 2.71. The molecule has 150 valence electrons. The highest BCUT2D eigenvalue weighted by atomic mass is 19.2. The molecule has 0 saturated heterocycles. The number of nitrogens with zero attached hydrogens (tertiary/aromatic N) is 1. The summed E-state index contributed by atoms with van der Waals surface area (Å²) < 4.78 is 39.9. The second-order valence-electron chi connectivity index (χ2n) is 6.29. The third-order valence-electron chi connectivity index (χ3n) is 4.15. The summed E-state index contributed by atoms with van der Waals surface area (Å²) in [5.74, 6) is -5.46. The van der Waals surface area contributed by atoms with E-state index in [0.717, 1.165) is 11.6 Å². The van der Waals surface area contributed by atoms with E-state index < -0.39 is 29.0 Å². The SMILES string of the molecule is CCCN(CC(=O)Nc1ccc(F)c(F)c1F)C(=O)CCc1ccccc1N. The minimum atomic E-state index is -1.67. The zero-order valence-corrected chi connectivity index (χ0v) is 15.5. The molecular formula is C20H22F3N3O2. The molecule has 2 aromatic carbocycles. The van der Waals surface area contributed by atoms with Crippen molar-refractivity contribution in [1.29, 1.82) is 0 Å². The summed E-state index contributed by atoms with van der Waals surface area (Å²) in [6.07, 6.45) is 1.19. The maximum absolute atomic E-state index is 13.7. The molecule has 0 fully saturated rings. The van der Waals surface area contributed by atoms with Gasteiger partial charge >= 0.3 is 0 Å². The lowest BCUT2D eigenvalue weighted by atomic mass is 10.1. The van der Waals surface area contributed by atoms with E-state index in [1.165, 1.54) is 4.90 Å². The highest BCUT2D eigenvalue weighted by Gasteiger charge is 2.19. The van der Waals surface area contributed by atoms with E-state index in [1.807, 2.05) is 19.1 Å². The molecule has 0 bridgehead atoms. The Morgan fingerprint density at radius 2 is 1.79 bits per heavy atom. The first-order chi connectivity index (χ1) is 13.3. The monoisotopic (exact) mass is 393 g/mol. The minimum absolute atomic E-state index is 0.154. The molecule has 0 atom stereocenters. The van der Waals surface area contributed by atoms with E-state index in [0.29, 0.717) is 31.1 Å². The Hall–Kier alpha value is -3.03. The highest BCUT2D eigenvalue weighted by molar-refractivity contribution is 5.94. The molecule has 0 aliphatic heterocycles. The molecule has 8 heteroatoms. The van der Waals surface area contributed by atoms with E-state index in [1.54, 1.807) is 12.1 Å². The Morgan fingerprint density at radius 3 is 2.46 bits per heavy atom. The van der Waals surface area contributed by atoms with Crippen LogP contribution in [0.1, 0.15) is 25.3 Å². The first kappa shape index (κ1) is 21.3. The van der Waals surface area contributed by atoms with E-state index in [-0.39, 0.29) is 18.9 Å². The molecule has 2 amide bonds. The zero-order valence-electron chi connectivity index (χ0n) is 15.5. The molecule has 2 rings (SSSR count). The Bertz CT molecular complexity index is 859. The van der Waals surface area contributed by atoms with Crippen LogP contribution < -0.4 is 11.1 Å². The van der Waals surface area contributed by atoms with Crippen molar-refractivity contribution in [1.82, 2.24) is 4.90 Å². The molecule has 28 heavy (non-hydrogen) atoms. The predicted molar refractivity (Wildman–Crippen MR) is 101 cm³/mol. The van der Waals surface area contributed by atoms with E-state index in [4.69, 9.17) is 5.73 Å². The molecule has 2 aromatic rings. The first-order valence-corrected chi connectivity index (χ1v) is 8.88. The van der Waals surface area contributed by atoms with Crippen LogP contribution in [-0.4, -0.2) is 29.8 Å². The van der Waals surface area contributed by atoms with E-state index >= 15 is 0 Å². The lowest BCUT2D eigenvalue weighted by Gasteiger charge is -2.22. The van der Waals surface area contributed by atoms with Crippen LogP contribution in [0, 0.1) is 17.5 Å². The van der Waals surface area contributed by atoms with Crippen LogP contribution in [0.25, 0.3) is 0 Å². The fourth-order valence-corrected chi connectivity index (χ4v) is 2.71. The van der Waals surface area contributed by atoms with Crippen molar-refractivity contribution in [2.75, 3.05) is 24.1 Å². The van der Waals surface area contributed by atoms with Crippen molar-refractivity contribution in [3.63, 3.8) is 0 Å². The number of nitrogen functional groups attached to an aromatic ring is 1. The van der Waals surface area contributed by atoms with Crippen molar-refractivity contribution in [3.8, 4) is 0 Å². The lowest BCUT2D eigenvalue weighted by molar-refractivity contribution is -0.134. The van der Waals surface area contributed by atoms with Gasteiger partial charge in [-0.15, -0.1) is 0 Å². The largest absolute Gasteiger partial charge is 0.399 e. The number of carbonyl (C=O) groups excluding carboxylic acids is 2. The first-order valence-electron chi connectivity index (χ1n) is 8.88. The number of benzene rings is 2. The van der Waals surface area contributed by atoms with E-state index in [2.05, 4.69) is 5.32 Å². The van der Waals surface area contributed by atoms with Gasteiger partial charge in [-0.3, -0.25) is 9.59 Å². The molecule has 0 unspecified atom stereocenters. The summed E-state index contributed by atoms with van der Waals surface area (Å²) in [7, 11) is 0. The Labute approximate surface area is 161 Å². The number of hydrogen-bond donors (Lipinski definition) is 2. The lowest BCUT2D eigenvalue weighted by Crippen LogP contribution is -2.38. The van der Waals surface area contributed by atoms with Crippen LogP contribution in [-0.2, 0) is 16.0 Å². The molecule has 3 N–H and O–H groups in total. The summed E-state index contributed by atoms with van der Waals surface area (Å²) >= 11 is 0. The van der Waals surface area contributed by atoms with Gasteiger partial charge in [0, 0.05) is 18.7 Å². The maximum atomic E-state index is 13.7. The summed E-state index contributed by atoms with van der Waals surface area (Å²) in [5, 5.41) is 2.17. The van der Waals surface area contributed by atoms with Gasteiger partial charge in [0.05, 0.1) is 12.2 Å². The van der Waals surface area contributed by atoms with Crippen LogP contribution in [0.3, 0.4) is 0 Å². The third kappa shape index (κ3) is 5.48. The van der Waals surface area contributed by atoms with Gasteiger partial charge in [0.25, 0.3) is 0 Å². The van der Waals surface area contributed by atoms with Crippen molar-refractivity contribution < 1.29 is 22.8 Å². The number of halogens is 3. The summed E-state index contributed by atoms with van der Waals surface area (Å²) in [5.41, 5.74) is 6.80. The molecule has 0 spiro atoms. The van der Waals surface area contributed by atoms with Crippen LogP contribution in [0.5, 0.6) is 0 Å². The van der Waals surface area contributed by atoms with Gasteiger partial charge in [0.1, 0.15) is 0 Å². The van der Waals surface area contributed by atoms with Crippen LogP contribution in [0.15, 0.2) is 36.4 Å². The standard InChI is InChI=1S/C20H22F3N3O2/c1-2-11-26(18(28)10-7-13-5-3-4-6-15(13)24)12-17(27)25-16-9-8-14(21)19(22)20(16)23/h3-6,8-9H,2,7,10-12,24H2,1H3,(H,25,27). The average molecular weight is 393 g/mol. The number of hydrogen-bond acceptors (Lipinski definition) is 3. The normalized spacial score (nSPS) is 10.6. The Balaban J connectivity index is 1.99. The van der Waals surface area contributed by atoms with Gasteiger partial charge < -0.3 is 16.0 Å². The second-order valence-corrected chi connectivity index (χ2v) is 6.29. The van der Waals surface area contributed by atoms with Crippen LogP contribution in [0.4, 0.5) is 24.5 Å². The molecule has 0 radical (unpaired) electrons. The summed E-state index contributed by atoms with van der Waals surface area (Å²) in [4.78, 5) is 26.0. The Kier molecular flexibility index (Phi) is 7.43. The molecule has 0 aromatic heterocycles. The fraction of sp³-hybridized carbons (Fsp3) is 0.300. The summed E-state index contributed by atoms with van der Waals surface area (Å²) in [6, 6.07) is 8.83. The second kappa shape index (κ2) is 9.77. The Morgan fingerprint density at radius 1 is 1.07 bits per heavy atom. The maximum Gasteiger partial charge on any atom is 0.244 e.